The van der Waals surface area contributed by atoms with Crippen molar-refractivity contribution in [2.24, 2.45) is 4.99 Å². The predicted octanol–water partition coefficient (Wildman–Crippen LogP) is 2.40. The number of nitrogens with one attached hydrogen (secondary N) is 3. The lowest BCUT2D eigenvalue weighted by Gasteiger charge is -2.27. The van der Waals surface area contributed by atoms with Gasteiger partial charge in [0.2, 0.25) is 0 Å². The molecule has 8 heteroatoms. The van der Waals surface area contributed by atoms with Gasteiger partial charge in [-0.1, -0.05) is 19.1 Å². The van der Waals surface area contributed by atoms with Crippen molar-refractivity contribution in [1.29, 1.82) is 0 Å². The number of benzene rings is 1. The fourth-order valence-electron chi connectivity index (χ4n) is 2.76. The lowest BCUT2D eigenvalue weighted by atomic mass is 10.1. The Bertz CT molecular complexity index is 713. The number of carbonyl (C=O) groups excluding carboxylic acids is 2. The first-order chi connectivity index (χ1) is 14.2. The molecule has 0 aliphatic heterocycles. The van der Waals surface area contributed by atoms with Crippen LogP contribution in [-0.2, 0) is 11.2 Å². The number of carbonyl (C=O) groups is 2. The summed E-state index contributed by atoms with van der Waals surface area (Å²) in [6, 6.07) is 7.56. The van der Waals surface area contributed by atoms with E-state index in [-0.39, 0.29) is 12.0 Å². The van der Waals surface area contributed by atoms with Crippen LogP contribution in [0.4, 0.5) is 4.79 Å². The van der Waals surface area contributed by atoms with E-state index in [1.807, 2.05) is 45.9 Å². The molecule has 0 aliphatic carbocycles. The summed E-state index contributed by atoms with van der Waals surface area (Å²) in [5.74, 6) is 0.571. The van der Waals surface area contributed by atoms with Crippen LogP contribution in [0.25, 0.3) is 0 Å². The number of aliphatic imine (C=N–C) groups is 1. The van der Waals surface area contributed by atoms with Crippen LogP contribution in [0.15, 0.2) is 29.3 Å². The van der Waals surface area contributed by atoms with Crippen molar-refractivity contribution < 1.29 is 14.3 Å². The van der Waals surface area contributed by atoms with E-state index in [0.29, 0.717) is 37.7 Å². The second-order valence-corrected chi connectivity index (χ2v) is 7.92. The van der Waals surface area contributed by atoms with Gasteiger partial charge in [0.1, 0.15) is 5.60 Å². The van der Waals surface area contributed by atoms with Crippen molar-refractivity contribution in [2.75, 3.05) is 40.3 Å². The average Bonchev–Trinajstić information content (AvgIpc) is 2.70. The number of nitrogens with zero attached hydrogens (tertiary/aromatic N) is 2. The van der Waals surface area contributed by atoms with Gasteiger partial charge >= 0.3 is 6.09 Å². The SMILES string of the molecule is CCCN(CCNC(=NC)NCCc1cccc(C(=O)NC)c1)C(=O)OC(C)(C)C. The number of hydrogen-bond donors (Lipinski definition) is 3. The van der Waals surface area contributed by atoms with Crippen LogP contribution < -0.4 is 16.0 Å². The lowest BCUT2D eigenvalue weighted by molar-refractivity contribution is 0.0253. The summed E-state index contributed by atoms with van der Waals surface area (Å²) >= 11 is 0. The molecule has 0 saturated heterocycles. The molecule has 8 nitrogen and oxygen atoms in total. The van der Waals surface area contributed by atoms with E-state index in [2.05, 4.69) is 20.9 Å². The zero-order chi connectivity index (χ0) is 22.6. The molecule has 0 radical (unpaired) electrons. The molecule has 30 heavy (non-hydrogen) atoms. The molecule has 1 rings (SSSR count). The molecule has 0 saturated carbocycles. The molecule has 2 amide bonds. The highest BCUT2D eigenvalue weighted by Gasteiger charge is 2.21. The van der Waals surface area contributed by atoms with Crippen LogP contribution in [-0.4, -0.2) is 68.7 Å². The minimum atomic E-state index is -0.511. The molecular weight excluding hydrogens is 382 g/mol. The summed E-state index contributed by atoms with van der Waals surface area (Å²) in [6.45, 7) is 10.0. The largest absolute Gasteiger partial charge is 0.444 e. The van der Waals surface area contributed by atoms with Crippen LogP contribution in [0.3, 0.4) is 0 Å². The van der Waals surface area contributed by atoms with Gasteiger partial charge in [0.25, 0.3) is 5.91 Å². The fraction of sp³-hybridized carbons (Fsp3) is 0.591. The Morgan fingerprint density at radius 1 is 1.13 bits per heavy atom. The van der Waals surface area contributed by atoms with Gasteiger partial charge in [0.05, 0.1) is 0 Å². The molecule has 1 aromatic carbocycles. The summed E-state index contributed by atoms with van der Waals surface area (Å²) in [5, 5.41) is 9.12. The number of amides is 2. The molecule has 0 spiro atoms. The Labute approximate surface area is 180 Å². The summed E-state index contributed by atoms with van der Waals surface area (Å²) < 4.78 is 5.47. The summed E-state index contributed by atoms with van der Waals surface area (Å²) in [5.41, 5.74) is 1.21. The monoisotopic (exact) mass is 419 g/mol. The van der Waals surface area contributed by atoms with Crippen LogP contribution in [0.5, 0.6) is 0 Å². The number of ether oxygens (including phenoxy) is 1. The van der Waals surface area contributed by atoms with E-state index in [0.717, 1.165) is 18.4 Å². The zero-order valence-corrected chi connectivity index (χ0v) is 19.2. The normalized spacial score (nSPS) is 11.6. The number of hydrogen-bond acceptors (Lipinski definition) is 4. The second kappa shape index (κ2) is 12.7. The quantitative estimate of drug-likeness (QED) is 0.422. The third-order valence-electron chi connectivity index (χ3n) is 4.17. The lowest BCUT2D eigenvalue weighted by Crippen LogP contribution is -2.45. The van der Waals surface area contributed by atoms with E-state index in [1.54, 1.807) is 25.1 Å². The average molecular weight is 420 g/mol. The second-order valence-electron chi connectivity index (χ2n) is 7.92. The smallest absolute Gasteiger partial charge is 0.410 e. The number of rotatable bonds is 9. The van der Waals surface area contributed by atoms with E-state index >= 15 is 0 Å². The van der Waals surface area contributed by atoms with Crippen molar-refractivity contribution >= 4 is 18.0 Å². The van der Waals surface area contributed by atoms with E-state index in [4.69, 9.17) is 4.74 Å². The topological polar surface area (TPSA) is 95.1 Å². The van der Waals surface area contributed by atoms with Crippen LogP contribution in [0.2, 0.25) is 0 Å². The molecule has 0 aromatic heterocycles. The van der Waals surface area contributed by atoms with E-state index in [9.17, 15) is 9.59 Å². The number of guanidine groups is 1. The van der Waals surface area contributed by atoms with Crippen molar-refractivity contribution in [3.8, 4) is 0 Å². The minimum Gasteiger partial charge on any atom is -0.444 e. The summed E-state index contributed by atoms with van der Waals surface area (Å²) in [4.78, 5) is 30.0. The van der Waals surface area contributed by atoms with Gasteiger partial charge in [0.15, 0.2) is 5.96 Å². The summed E-state index contributed by atoms with van der Waals surface area (Å²) in [7, 11) is 3.33. The molecule has 0 bridgehead atoms. The van der Waals surface area contributed by atoms with Crippen LogP contribution >= 0.6 is 0 Å². The van der Waals surface area contributed by atoms with Gasteiger partial charge in [-0.3, -0.25) is 9.79 Å². The Morgan fingerprint density at radius 3 is 2.43 bits per heavy atom. The van der Waals surface area contributed by atoms with Gasteiger partial charge in [-0.2, -0.15) is 0 Å². The summed E-state index contributed by atoms with van der Waals surface area (Å²) in [6.07, 6.45) is 1.32. The maximum atomic E-state index is 12.3. The Kier molecular flexibility index (Phi) is 10.7. The van der Waals surface area contributed by atoms with Gasteiger partial charge in [-0.05, 0) is 51.3 Å². The molecule has 0 heterocycles. The van der Waals surface area contributed by atoms with Gasteiger partial charge < -0.3 is 25.6 Å². The standard InChI is InChI=1S/C22H37N5O3/c1-7-14-27(21(29)30-22(2,3)4)15-13-26-20(24-6)25-12-11-17-9-8-10-18(16-17)19(28)23-5/h8-10,16H,7,11-15H2,1-6H3,(H,23,28)(H2,24,25,26). The van der Waals surface area contributed by atoms with Gasteiger partial charge in [0, 0.05) is 45.8 Å². The van der Waals surface area contributed by atoms with Gasteiger partial charge in [-0.25, -0.2) is 4.79 Å². The molecule has 1 aromatic rings. The fourth-order valence-corrected chi connectivity index (χ4v) is 2.76. The molecule has 0 fully saturated rings. The van der Waals surface area contributed by atoms with E-state index < -0.39 is 5.60 Å². The van der Waals surface area contributed by atoms with Crippen molar-refractivity contribution in [1.82, 2.24) is 20.9 Å². The van der Waals surface area contributed by atoms with Crippen molar-refractivity contribution in [2.45, 2.75) is 46.1 Å². The highest BCUT2D eigenvalue weighted by Crippen LogP contribution is 2.10. The first kappa shape index (κ1) is 25.3. The highest BCUT2D eigenvalue weighted by atomic mass is 16.6. The van der Waals surface area contributed by atoms with Crippen molar-refractivity contribution in [3.05, 3.63) is 35.4 Å². The van der Waals surface area contributed by atoms with Crippen molar-refractivity contribution in [3.63, 3.8) is 0 Å². The Morgan fingerprint density at radius 2 is 1.83 bits per heavy atom. The van der Waals surface area contributed by atoms with Crippen LogP contribution in [0, 0.1) is 0 Å². The maximum Gasteiger partial charge on any atom is 0.410 e. The first-order valence-corrected chi connectivity index (χ1v) is 10.4. The third kappa shape index (κ3) is 9.62. The maximum absolute atomic E-state index is 12.3. The Balaban J connectivity index is 2.47. The minimum absolute atomic E-state index is 0.0936. The van der Waals surface area contributed by atoms with Gasteiger partial charge in [-0.15, -0.1) is 0 Å². The predicted molar refractivity (Wildman–Crippen MR) is 121 cm³/mol. The Hall–Kier alpha value is -2.77. The molecular formula is C22H37N5O3. The molecule has 0 unspecified atom stereocenters. The molecule has 0 atom stereocenters. The molecule has 0 aliphatic rings. The van der Waals surface area contributed by atoms with E-state index in [1.165, 1.54) is 0 Å². The highest BCUT2D eigenvalue weighted by molar-refractivity contribution is 5.94. The molecule has 3 N–H and O–H groups in total. The zero-order valence-electron chi connectivity index (χ0n) is 19.2. The molecule has 168 valence electrons. The third-order valence-corrected chi connectivity index (χ3v) is 4.17. The first-order valence-electron chi connectivity index (χ1n) is 10.4. The van der Waals surface area contributed by atoms with Crippen LogP contribution in [0.1, 0.15) is 50.0 Å².